The van der Waals surface area contributed by atoms with Gasteiger partial charge < -0.3 is 31.9 Å². The fourth-order valence-electron chi connectivity index (χ4n) is 1.59. The maximum Gasteiger partial charge on any atom is 0.328 e. The number of aliphatic hydroxyl groups excluding tert-OH is 1. The average Bonchev–Trinajstić information content (AvgIpc) is 2.59. The Morgan fingerprint density at radius 3 is 2.28 bits per heavy atom. The van der Waals surface area contributed by atoms with Crippen LogP contribution >= 0.6 is 24.4 Å². The molecule has 10 nitrogen and oxygen atoms in total. The van der Waals surface area contributed by atoms with Crippen LogP contribution in [0.3, 0.4) is 0 Å². The molecule has 0 aromatic carbocycles. The van der Waals surface area contributed by atoms with Gasteiger partial charge in [0.2, 0.25) is 17.7 Å². The molecule has 0 aliphatic rings. The van der Waals surface area contributed by atoms with Crippen LogP contribution in [-0.4, -0.2) is 82.9 Å². The second-order valence-electron chi connectivity index (χ2n) is 4.99. The van der Waals surface area contributed by atoms with Crippen LogP contribution in [-0.2, 0) is 19.2 Å². The number of carbonyl (C=O) groups is 4. The van der Waals surface area contributed by atoms with Gasteiger partial charge in [0, 0.05) is 5.75 Å². The van der Waals surface area contributed by atoms with E-state index >= 15 is 0 Å². The van der Waals surface area contributed by atoms with E-state index in [9.17, 15) is 19.2 Å². The molecule has 25 heavy (non-hydrogen) atoms. The highest BCUT2D eigenvalue weighted by molar-refractivity contribution is 7.98. The van der Waals surface area contributed by atoms with Crippen LogP contribution in [0.5, 0.6) is 0 Å². The first-order chi connectivity index (χ1) is 11.8. The van der Waals surface area contributed by atoms with Gasteiger partial charge in [0.25, 0.3) is 0 Å². The van der Waals surface area contributed by atoms with Crippen LogP contribution < -0.4 is 21.7 Å². The quantitative estimate of drug-likeness (QED) is 0.173. The number of carboxylic acid groups (broad SMARTS) is 1. The van der Waals surface area contributed by atoms with Gasteiger partial charge in [0.05, 0.1) is 19.2 Å². The molecule has 0 heterocycles. The van der Waals surface area contributed by atoms with Crippen molar-refractivity contribution in [3.8, 4) is 0 Å². The lowest BCUT2D eigenvalue weighted by Crippen LogP contribution is -2.54. The monoisotopic (exact) mass is 396 g/mol. The number of nitrogens with one attached hydrogen (secondary N) is 3. The van der Waals surface area contributed by atoms with Gasteiger partial charge in [-0.3, -0.25) is 14.4 Å². The van der Waals surface area contributed by atoms with E-state index in [4.69, 9.17) is 15.9 Å². The molecule has 0 radical (unpaired) electrons. The molecule has 0 aliphatic heterocycles. The van der Waals surface area contributed by atoms with E-state index in [1.54, 1.807) is 0 Å². The van der Waals surface area contributed by atoms with Crippen LogP contribution in [0.1, 0.15) is 6.42 Å². The predicted octanol–water partition coefficient (Wildman–Crippen LogP) is -2.84. The highest BCUT2D eigenvalue weighted by Gasteiger charge is 2.24. The Morgan fingerprint density at radius 1 is 1.16 bits per heavy atom. The van der Waals surface area contributed by atoms with Crippen molar-refractivity contribution in [1.82, 2.24) is 16.0 Å². The molecular weight excluding hydrogens is 372 g/mol. The van der Waals surface area contributed by atoms with E-state index in [0.717, 1.165) is 0 Å². The molecule has 12 heteroatoms. The Balaban J connectivity index is 4.62. The molecule has 0 aromatic rings. The fraction of sp³-hybridized carbons (Fsp3) is 0.692. The Kier molecular flexibility index (Phi) is 12.0. The van der Waals surface area contributed by atoms with Crippen molar-refractivity contribution in [2.75, 3.05) is 30.9 Å². The predicted molar refractivity (Wildman–Crippen MR) is 96.4 cm³/mol. The van der Waals surface area contributed by atoms with Crippen LogP contribution in [0, 0.1) is 0 Å². The third-order valence-corrected chi connectivity index (χ3v) is 4.05. The molecule has 144 valence electrons. The van der Waals surface area contributed by atoms with Gasteiger partial charge in [-0.2, -0.15) is 24.4 Å². The maximum absolute atomic E-state index is 12.1. The highest BCUT2D eigenvalue weighted by atomic mass is 32.2. The minimum absolute atomic E-state index is 0.114. The van der Waals surface area contributed by atoms with E-state index in [2.05, 4.69) is 23.3 Å². The molecule has 0 aromatic heterocycles. The lowest BCUT2D eigenvalue weighted by Gasteiger charge is -2.20. The number of carbonyl (C=O) groups excluding carboxylic acids is 3. The summed E-state index contributed by atoms with van der Waals surface area (Å²) in [5, 5.41) is 24.4. The minimum atomic E-state index is -1.45. The molecule has 7 N–H and O–H groups in total. The van der Waals surface area contributed by atoms with Gasteiger partial charge in [-0.1, -0.05) is 0 Å². The number of thioether (sulfide) groups is 1. The summed E-state index contributed by atoms with van der Waals surface area (Å²) in [6, 6.07) is -3.20. The molecular formula is C13H24N4O6S2. The van der Waals surface area contributed by atoms with Crippen molar-refractivity contribution in [2.24, 2.45) is 5.73 Å². The second-order valence-corrected chi connectivity index (χ2v) is 6.34. The number of hydrogen-bond donors (Lipinski definition) is 7. The number of aliphatic carboxylic acids is 1. The summed E-state index contributed by atoms with van der Waals surface area (Å²) in [5.41, 5.74) is 5.55. The van der Waals surface area contributed by atoms with Gasteiger partial charge >= 0.3 is 5.97 Å². The first kappa shape index (κ1) is 23.5. The number of nitrogens with two attached hydrogens (primary N) is 1. The summed E-state index contributed by atoms with van der Waals surface area (Å²) in [6.45, 7) is -1.27. The zero-order valence-corrected chi connectivity index (χ0v) is 15.4. The maximum atomic E-state index is 12.1. The van der Waals surface area contributed by atoms with Crippen LogP contribution in [0.4, 0.5) is 0 Å². The second kappa shape index (κ2) is 12.8. The molecule has 0 spiro atoms. The number of rotatable bonds is 12. The van der Waals surface area contributed by atoms with Crippen LogP contribution in [0.2, 0.25) is 0 Å². The first-order valence-corrected chi connectivity index (χ1v) is 9.35. The molecule has 0 rings (SSSR count). The summed E-state index contributed by atoms with van der Waals surface area (Å²) in [4.78, 5) is 46.3. The zero-order chi connectivity index (χ0) is 19.4. The minimum Gasteiger partial charge on any atom is -0.480 e. The summed E-state index contributed by atoms with van der Waals surface area (Å²) in [6.07, 6.45) is 2.17. The molecule has 3 amide bonds. The summed E-state index contributed by atoms with van der Waals surface area (Å²) < 4.78 is 0. The van der Waals surface area contributed by atoms with Crippen molar-refractivity contribution in [1.29, 1.82) is 0 Å². The normalized spacial score (nSPS) is 14.1. The lowest BCUT2D eigenvalue weighted by molar-refractivity contribution is -0.142. The zero-order valence-electron chi connectivity index (χ0n) is 13.7. The van der Waals surface area contributed by atoms with Crippen molar-refractivity contribution < 1.29 is 29.4 Å². The number of hydrogen-bond acceptors (Lipinski definition) is 8. The van der Waals surface area contributed by atoms with Gasteiger partial charge in [0.1, 0.15) is 12.1 Å². The number of thiol groups is 1. The van der Waals surface area contributed by atoms with E-state index < -0.39 is 55.0 Å². The summed E-state index contributed by atoms with van der Waals surface area (Å²) >= 11 is 5.39. The third-order valence-electron chi connectivity index (χ3n) is 3.02. The SMILES string of the molecule is CSCCC(NC(=O)C(N)CS)C(=O)NCC(=O)NC(CO)C(=O)O. The molecule has 0 bridgehead atoms. The lowest BCUT2D eigenvalue weighted by atomic mass is 10.2. The highest BCUT2D eigenvalue weighted by Crippen LogP contribution is 2.02. The summed E-state index contributed by atoms with van der Waals surface area (Å²) in [5.74, 6) is -2.61. The Labute approximate surface area is 155 Å². The van der Waals surface area contributed by atoms with Gasteiger partial charge in [-0.15, -0.1) is 0 Å². The topological polar surface area (TPSA) is 171 Å². The van der Waals surface area contributed by atoms with Gasteiger partial charge in [-0.05, 0) is 18.4 Å². The third kappa shape index (κ3) is 9.53. The first-order valence-electron chi connectivity index (χ1n) is 7.33. The van der Waals surface area contributed by atoms with E-state index in [0.29, 0.717) is 12.2 Å². The smallest absolute Gasteiger partial charge is 0.328 e. The Hall–Kier alpha value is -1.50. The van der Waals surface area contributed by atoms with E-state index in [-0.39, 0.29) is 5.75 Å². The number of aliphatic hydroxyl groups is 1. The van der Waals surface area contributed by atoms with Crippen LogP contribution in [0.15, 0.2) is 0 Å². The molecule has 0 saturated carbocycles. The largest absolute Gasteiger partial charge is 0.480 e. The van der Waals surface area contributed by atoms with Crippen molar-refractivity contribution in [3.05, 3.63) is 0 Å². The summed E-state index contributed by atoms with van der Waals surface area (Å²) in [7, 11) is 0. The van der Waals surface area contributed by atoms with Crippen LogP contribution in [0.25, 0.3) is 0 Å². The molecule has 3 atom stereocenters. The van der Waals surface area contributed by atoms with Crippen molar-refractivity contribution in [3.63, 3.8) is 0 Å². The fourth-order valence-corrected chi connectivity index (χ4v) is 2.22. The Morgan fingerprint density at radius 2 is 1.80 bits per heavy atom. The van der Waals surface area contributed by atoms with E-state index in [1.807, 2.05) is 11.6 Å². The number of carboxylic acids is 1. The van der Waals surface area contributed by atoms with Gasteiger partial charge in [0.15, 0.2) is 0 Å². The average molecular weight is 396 g/mol. The standard InChI is InChI=1S/C13H24N4O6S2/c1-25-3-2-8(17-11(20)7(14)6-24)12(21)15-4-10(19)16-9(5-18)13(22)23/h7-9,18,24H,2-6,14H2,1H3,(H,15,21)(H,16,19)(H,17,20)(H,22,23). The molecule has 3 unspecified atom stereocenters. The molecule has 0 saturated heterocycles. The molecule has 0 aliphatic carbocycles. The number of amides is 3. The van der Waals surface area contributed by atoms with Crippen molar-refractivity contribution in [2.45, 2.75) is 24.5 Å². The molecule has 0 fully saturated rings. The van der Waals surface area contributed by atoms with Gasteiger partial charge in [-0.25, -0.2) is 4.79 Å². The Bertz CT molecular complexity index is 479. The van der Waals surface area contributed by atoms with Crippen molar-refractivity contribution >= 4 is 48.1 Å². The van der Waals surface area contributed by atoms with E-state index in [1.165, 1.54) is 11.8 Å².